The van der Waals surface area contributed by atoms with Crippen LogP contribution in [0.1, 0.15) is 9.67 Å². The maximum atomic E-state index is 12.4. The number of thioether (sulfide) groups is 1. The highest BCUT2D eigenvalue weighted by molar-refractivity contribution is 8.00. The van der Waals surface area contributed by atoms with Gasteiger partial charge in [0.05, 0.1) is 4.88 Å². The Morgan fingerprint density at radius 2 is 2.00 bits per heavy atom. The second kappa shape index (κ2) is 7.83. The fourth-order valence-electron chi connectivity index (χ4n) is 2.90. The van der Waals surface area contributed by atoms with E-state index in [0.717, 1.165) is 26.4 Å². The smallest absolute Gasteiger partial charge is 0.264 e. The van der Waals surface area contributed by atoms with E-state index in [-0.39, 0.29) is 11.3 Å². The summed E-state index contributed by atoms with van der Waals surface area (Å²) >= 11 is 4.47. The molecule has 0 spiro atoms. The molecule has 1 aliphatic heterocycles. The van der Waals surface area contributed by atoms with Gasteiger partial charge in [-0.3, -0.25) is 9.69 Å². The summed E-state index contributed by atoms with van der Waals surface area (Å²) in [6.45, 7) is 2.59. The van der Waals surface area contributed by atoms with E-state index < -0.39 is 0 Å². The van der Waals surface area contributed by atoms with Crippen LogP contribution in [-0.2, 0) is 4.79 Å². The quantitative estimate of drug-likeness (QED) is 0.370. The molecular formula is C17H16N4O2S3. The summed E-state index contributed by atoms with van der Waals surface area (Å²) in [5.41, 5.74) is 0. The number of hydrogen-bond acceptors (Lipinski definition) is 8. The zero-order valence-corrected chi connectivity index (χ0v) is 16.2. The molecule has 0 aromatic carbocycles. The van der Waals surface area contributed by atoms with Gasteiger partial charge in [-0.2, -0.15) is 0 Å². The van der Waals surface area contributed by atoms with Crippen molar-refractivity contribution >= 4 is 56.8 Å². The summed E-state index contributed by atoms with van der Waals surface area (Å²) in [6, 6.07) is 5.73. The van der Waals surface area contributed by atoms with Crippen LogP contribution in [0.25, 0.3) is 10.2 Å². The molecule has 1 fully saturated rings. The number of aromatic nitrogens is 2. The van der Waals surface area contributed by atoms with Gasteiger partial charge in [-0.05, 0) is 22.9 Å². The summed E-state index contributed by atoms with van der Waals surface area (Å²) in [7, 11) is 0. The average Bonchev–Trinajstić information content (AvgIpc) is 3.37. The minimum absolute atomic E-state index is 0.0748. The van der Waals surface area contributed by atoms with Gasteiger partial charge in [0.25, 0.3) is 5.91 Å². The fraction of sp³-hybridized carbons (Fsp3) is 0.294. The van der Waals surface area contributed by atoms with Crippen LogP contribution in [0, 0.1) is 0 Å². The largest absolute Gasteiger partial charge is 0.335 e. The lowest BCUT2D eigenvalue weighted by atomic mass is 10.3. The second-order valence-corrected chi connectivity index (χ2v) is 8.72. The number of hydrogen-bond donors (Lipinski definition) is 0. The van der Waals surface area contributed by atoms with E-state index >= 15 is 0 Å². The lowest BCUT2D eigenvalue weighted by molar-refractivity contribution is -0.110. The standard InChI is InChI=1S/C17H16N4O2S3/c22-10-14(26-16-12-3-9-25-15(12)18-11-19-16)20-4-6-21(7-5-20)17(23)13-2-1-8-24-13/h1-3,8-11,14H,4-7H2. The van der Waals surface area contributed by atoms with E-state index in [1.165, 1.54) is 23.1 Å². The van der Waals surface area contributed by atoms with Gasteiger partial charge in [0.15, 0.2) is 0 Å². The Kier molecular flexibility index (Phi) is 5.30. The van der Waals surface area contributed by atoms with Gasteiger partial charge in [-0.15, -0.1) is 22.7 Å². The van der Waals surface area contributed by atoms with Crippen molar-refractivity contribution in [1.82, 2.24) is 19.8 Å². The van der Waals surface area contributed by atoms with Crippen molar-refractivity contribution in [3.05, 3.63) is 40.2 Å². The first-order valence-corrected chi connectivity index (χ1v) is 10.8. The number of carbonyl (C=O) groups excluding carboxylic acids is 2. The topological polar surface area (TPSA) is 66.4 Å². The molecule has 3 aromatic rings. The molecule has 0 bridgehead atoms. The number of fused-ring (bicyclic) bond motifs is 1. The van der Waals surface area contributed by atoms with E-state index in [1.807, 2.05) is 33.9 Å². The van der Waals surface area contributed by atoms with E-state index in [1.54, 1.807) is 17.7 Å². The van der Waals surface area contributed by atoms with Crippen LogP contribution in [0.3, 0.4) is 0 Å². The van der Waals surface area contributed by atoms with Crippen LogP contribution in [0.5, 0.6) is 0 Å². The molecule has 1 saturated heterocycles. The zero-order chi connectivity index (χ0) is 17.9. The van der Waals surface area contributed by atoms with Gasteiger partial charge in [0, 0.05) is 31.6 Å². The Bertz CT molecular complexity index is 904. The molecule has 1 aliphatic rings. The summed E-state index contributed by atoms with van der Waals surface area (Å²) in [6.07, 6.45) is 2.50. The summed E-state index contributed by atoms with van der Waals surface area (Å²) in [5.74, 6) is 0.0748. The van der Waals surface area contributed by atoms with Crippen molar-refractivity contribution in [3.63, 3.8) is 0 Å². The number of rotatable bonds is 5. The minimum Gasteiger partial charge on any atom is -0.335 e. The third-order valence-electron chi connectivity index (χ3n) is 4.27. The van der Waals surface area contributed by atoms with E-state index in [9.17, 15) is 9.59 Å². The molecule has 6 nitrogen and oxygen atoms in total. The van der Waals surface area contributed by atoms with Gasteiger partial charge in [-0.25, -0.2) is 9.97 Å². The number of aldehydes is 1. The van der Waals surface area contributed by atoms with Gasteiger partial charge in [-0.1, -0.05) is 17.8 Å². The SMILES string of the molecule is O=CC(Sc1ncnc2sccc12)N1CCN(C(=O)c2cccs2)CC1. The van der Waals surface area contributed by atoms with Gasteiger partial charge < -0.3 is 9.69 Å². The monoisotopic (exact) mass is 404 g/mol. The van der Waals surface area contributed by atoms with Crippen molar-refractivity contribution in [1.29, 1.82) is 0 Å². The highest BCUT2D eigenvalue weighted by Gasteiger charge is 2.28. The lowest BCUT2D eigenvalue weighted by Crippen LogP contribution is -2.51. The average molecular weight is 405 g/mol. The van der Waals surface area contributed by atoms with Crippen molar-refractivity contribution < 1.29 is 9.59 Å². The van der Waals surface area contributed by atoms with Crippen molar-refractivity contribution in [2.24, 2.45) is 0 Å². The maximum Gasteiger partial charge on any atom is 0.264 e. The van der Waals surface area contributed by atoms with Crippen molar-refractivity contribution in [2.75, 3.05) is 26.2 Å². The number of thiophene rings is 2. The molecule has 0 saturated carbocycles. The number of piperazine rings is 1. The number of nitrogens with zero attached hydrogens (tertiary/aromatic N) is 4. The molecule has 9 heteroatoms. The van der Waals surface area contributed by atoms with E-state index in [2.05, 4.69) is 14.9 Å². The Morgan fingerprint density at radius 3 is 2.73 bits per heavy atom. The fourth-order valence-corrected chi connectivity index (χ4v) is 5.43. The molecule has 0 aliphatic carbocycles. The third kappa shape index (κ3) is 3.52. The molecule has 0 radical (unpaired) electrons. The predicted octanol–water partition coefficient (Wildman–Crippen LogP) is 2.83. The molecule has 0 N–H and O–H groups in total. The zero-order valence-electron chi connectivity index (χ0n) is 13.8. The molecule has 3 aromatic heterocycles. The molecule has 4 heterocycles. The van der Waals surface area contributed by atoms with Crippen LogP contribution in [0.4, 0.5) is 0 Å². The first kappa shape index (κ1) is 17.6. The Labute approximate surface area is 162 Å². The van der Waals surface area contributed by atoms with Gasteiger partial charge >= 0.3 is 0 Å². The molecule has 26 heavy (non-hydrogen) atoms. The summed E-state index contributed by atoms with van der Waals surface area (Å²) in [4.78, 5) is 38.4. The highest BCUT2D eigenvalue weighted by atomic mass is 32.2. The van der Waals surface area contributed by atoms with Gasteiger partial charge in [0.2, 0.25) is 0 Å². The lowest BCUT2D eigenvalue weighted by Gasteiger charge is -2.36. The molecule has 134 valence electrons. The molecule has 4 rings (SSSR count). The Morgan fingerprint density at radius 1 is 1.15 bits per heavy atom. The molecule has 1 amide bonds. The Balaban J connectivity index is 1.42. The van der Waals surface area contributed by atoms with E-state index in [0.29, 0.717) is 26.2 Å². The predicted molar refractivity (Wildman–Crippen MR) is 105 cm³/mol. The van der Waals surface area contributed by atoms with Crippen LogP contribution in [0.15, 0.2) is 40.3 Å². The summed E-state index contributed by atoms with van der Waals surface area (Å²) in [5, 5.41) is 5.39. The number of carbonyl (C=O) groups is 2. The van der Waals surface area contributed by atoms with Crippen LogP contribution < -0.4 is 0 Å². The Hall–Kier alpha value is -1.81. The first-order chi connectivity index (χ1) is 12.8. The van der Waals surface area contributed by atoms with Crippen LogP contribution in [0.2, 0.25) is 0 Å². The van der Waals surface area contributed by atoms with Crippen LogP contribution >= 0.6 is 34.4 Å². The third-order valence-corrected chi connectivity index (χ3v) is 7.15. The number of amides is 1. The minimum atomic E-state index is -0.313. The van der Waals surface area contributed by atoms with Crippen molar-refractivity contribution in [3.8, 4) is 0 Å². The second-order valence-electron chi connectivity index (χ2n) is 5.77. The highest BCUT2D eigenvalue weighted by Crippen LogP contribution is 2.31. The summed E-state index contributed by atoms with van der Waals surface area (Å²) < 4.78 is 0. The molecular weight excluding hydrogens is 388 g/mol. The van der Waals surface area contributed by atoms with E-state index in [4.69, 9.17) is 0 Å². The first-order valence-electron chi connectivity index (χ1n) is 8.13. The maximum absolute atomic E-state index is 12.4. The van der Waals surface area contributed by atoms with Gasteiger partial charge in [0.1, 0.15) is 27.8 Å². The molecule has 1 atom stereocenters. The van der Waals surface area contributed by atoms with Crippen LogP contribution in [-0.4, -0.2) is 63.5 Å². The van der Waals surface area contributed by atoms with Crippen molar-refractivity contribution in [2.45, 2.75) is 10.4 Å². The molecule has 1 unspecified atom stereocenters. The normalized spacial score (nSPS) is 16.7.